The van der Waals surface area contributed by atoms with Crippen LogP contribution in [0.4, 0.5) is 36.6 Å². The predicted molar refractivity (Wildman–Crippen MR) is 108 cm³/mol. The molecule has 172 valence electrons. The minimum absolute atomic E-state index is 0.0965. The number of anilines is 1. The zero-order valence-corrected chi connectivity index (χ0v) is 17.2. The second-order valence-electron chi connectivity index (χ2n) is 7.18. The topological polar surface area (TPSA) is 56.7 Å². The van der Waals surface area contributed by atoms with Gasteiger partial charge >= 0.3 is 12.4 Å². The Kier molecular flexibility index (Phi) is 5.27. The summed E-state index contributed by atoms with van der Waals surface area (Å²) in [4.78, 5) is 4.11. The maximum Gasteiger partial charge on any atom is 0.417 e. The van der Waals surface area contributed by atoms with E-state index in [1.165, 1.54) is 24.3 Å². The van der Waals surface area contributed by atoms with E-state index < -0.39 is 51.8 Å². The van der Waals surface area contributed by atoms with Gasteiger partial charge in [-0.3, -0.25) is 0 Å². The Bertz CT molecular complexity index is 1350. The standard InChI is InChI=1S/C21H12ClF7N4/c1-9-6-11(20(24,25)26)7-14(23)17(9)33-18(30)16-13(21(27,28)29)8-15(31-19(16)32-33)10-2-4-12(22)5-3-10/h2-8H,30H2,1H3. The molecule has 33 heavy (non-hydrogen) atoms. The number of rotatable bonds is 2. The van der Waals surface area contributed by atoms with Gasteiger partial charge in [-0.15, -0.1) is 5.10 Å². The summed E-state index contributed by atoms with van der Waals surface area (Å²) in [6, 6.07) is 7.48. The van der Waals surface area contributed by atoms with Gasteiger partial charge in [0.25, 0.3) is 0 Å². The lowest BCUT2D eigenvalue weighted by molar-refractivity contribution is -0.138. The second kappa shape index (κ2) is 7.62. The fourth-order valence-corrected chi connectivity index (χ4v) is 3.57. The van der Waals surface area contributed by atoms with Crippen LogP contribution in [0.3, 0.4) is 0 Å². The Balaban J connectivity index is 2.00. The first kappa shape index (κ1) is 22.8. The molecule has 0 atom stereocenters. The summed E-state index contributed by atoms with van der Waals surface area (Å²) in [5, 5.41) is 3.67. The van der Waals surface area contributed by atoms with Gasteiger partial charge in [-0.1, -0.05) is 23.7 Å². The van der Waals surface area contributed by atoms with Crippen molar-refractivity contribution in [3.8, 4) is 16.9 Å². The molecule has 2 heterocycles. The van der Waals surface area contributed by atoms with Gasteiger partial charge in [-0.05, 0) is 42.8 Å². The Morgan fingerprint density at radius 1 is 0.939 bits per heavy atom. The van der Waals surface area contributed by atoms with Crippen LogP contribution in [-0.2, 0) is 12.4 Å². The molecular weight excluding hydrogens is 477 g/mol. The fraction of sp³-hybridized carbons (Fsp3) is 0.143. The number of pyridine rings is 1. The van der Waals surface area contributed by atoms with Crippen LogP contribution in [0.1, 0.15) is 16.7 Å². The van der Waals surface area contributed by atoms with Crippen molar-refractivity contribution < 1.29 is 30.7 Å². The van der Waals surface area contributed by atoms with Crippen LogP contribution in [0.15, 0.2) is 42.5 Å². The van der Waals surface area contributed by atoms with E-state index in [2.05, 4.69) is 10.1 Å². The van der Waals surface area contributed by atoms with Crippen molar-refractivity contribution in [2.24, 2.45) is 0 Å². The first-order chi connectivity index (χ1) is 15.3. The van der Waals surface area contributed by atoms with Crippen molar-refractivity contribution in [1.29, 1.82) is 0 Å². The van der Waals surface area contributed by atoms with Crippen LogP contribution in [-0.4, -0.2) is 14.8 Å². The Morgan fingerprint density at radius 2 is 1.58 bits per heavy atom. The largest absolute Gasteiger partial charge is 0.417 e. The minimum Gasteiger partial charge on any atom is -0.383 e. The van der Waals surface area contributed by atoms with Gasteiger partial charge in [-0.2, -0.15) is 26.3 Å². The molecule has 0 saturated heterocycles. The van der Waals surface area contributed by atoms with Crippen molar-refractivity contribution in [2.45, 2.75) is 19.3 Å². The Hall–Kier alpha value is -3.34. The molecule has 0 fully saturated rings. The predicted octanol–water partition coefficient (Wildman–Crippen LogP) is 6.81. The number of hydrogen-bond donors (Lipinski definition) is 1. The minimum atomic E-state index is -4.88. The summed E-state index contributed by atoms with van der Waals surface area (Å²) in [7, 11) is 0. The molecule has 0 unspecified atom stereocenters. The molecule has 4 aromatic rings. The third-order valence-corrected chi connectivity index (χ3v) is 5.17. The summed E-state index contributed by atoms with van der Waals surface area (Å²) in [6.07, 6.45) is -9.69. The normalized spacial score (nSPS) is 12.5. The average molecular weight is 489 g/mol. The van der Waals surface area contributed by atoms with Crippen molar-refractivity contribution in [3.05, 3.63) is 70.0 Å². The number of aryl methyl sites for hydroxylation is 1. The van der Waals surface area contributed by atoms with E-state index in [-0.39, 0.29) is 17.3 Å². The fourth-order valence-electron chi connectivity index (χ4n) is 3.44. The van der Waals surface area contributed by atoms with Gasteiger partial charge in [0.15, 0.2) is 5.65 Å². The maximum absolute atomic E-state index is 14.7. The number of fused-ring (bicyclic) bond motifs is 1. The summed E-state index contributed by atoms with van der Waals surface area (Å²) in [5.74, 6) is -1.97. The highest BCUT2D eigenvalue weighted by atomic mass is 35.5. The Morgan fingerprint density at radius 3 is 2.12 bits per heavy atom. The van der Waals surface area contributed by atoms with Gasteiger partial charge < -0.3 is 5.73 Å². The Labute approximate surface area is 186 Å². The SMILES string of the molecule is Cc1cc(C(F)(F)F)cc(F)c1-n1nc2nc(-c3ccc(Cl)cc3)cc(C(F)(F)F)c2c1N. The third-order valence-electron chi connectivity index (χ3n) is 4.92. The first-order valence-corrected chi connectivity index (χ1v) is 9.55. The van der Waals surface area contributed by atoms with Crippen LogP contribution < -0.4 is 5.73 Å². The quantitative estimate of drug-likeness (QED) is 0.315. The van der Waals surface area contributed by atoms with E-state index in [1.54, 1.807) is 0 Å². The maximum atomic E-state index is 14.7. The van der Waals surface area contributed by atoms with E-state index in [0.29, 0.717) is 21.3 Å². The lowest BCUT2D eigenvalue weighted by Gasteiger charge is -2.13. The van der Waals surface area contributed by atoms with E-state index in [0.717, 1.165) is 13.0 Å². The number of nitrogens with zero attached hydrogens (tertiary/aromatic N) is 3. The molecule has 0 bridgehead atoms. The number of nitrogens with two attached hydrogens (primary N) is 1. The van der Waals surface area contributed by atoms with Crippen molar-refractivity contribution >= 4 is 28.5 Å². The second-order valence-corrected chi connectivity index (χ2v) is 7.61. The first-order valence-electron chi connectivity index (χ1n) is 9.17. The van der Waals surface area contributed by atoms with Gasteiger partial charge in [-0.25, -0.2) is 14.1 Å². The highest BCUT2D eigenvalue weighted by Gasteiger charge is 2.37. The van der Waals surface area contributed by atoms with Gasteiger partial charge in [0.1, 0.15) is 17.3 Å². The van der Waals surface area contributed by atoms with Crippen molar-refractivity contribution in [2.75, 3.05) is 5.73 Å². The number of nitrogen functional groups attached to an aromatic ring is 1. The molecule has 0 radical (unpaired) electrons. The van der Waals surface area contributed by atoms with Gasteiger partial charge in [0.05, 0.1) is 22.2 Å². The summed E-state index contributed by atoms with van der Waals surface area (Å²) >= 11 is 5.82. The van der Waals surface area contributed by atoms with Crippen molar-refractivity contribution in [3.63, 3.8) is 0 Å². The summed E-state index contributed by atoms with van der Waals surface area (Å²) < 4.78 is 95.9. The molecule has 2 aromatic heterocycles. The third kappa shape index (κ3) is 4.08. The molecule has 2 N–H and O–H groups in total. The van der Waals surface area contributed by atoms with Crippen LogP contribution >= 0.6 is 11.6 Å². The zero-order valence-electron chi connectivity index (χ0n) is 16.5. The molecule has 4 rings (SSSR count). The number of hydrogen-bond acceptors (Lipinski definition) is 3. The van der Waals surface area contributed by atoms with Crippen LogP contribution in [0.25, 0.3) is 28.0 Å². The van der Waals surface area contributed by atoms with E-state index in [9.17, 15) is 30.7 Å². The van der Waals surface area contributed by atoms with Crippen LogP contribution in [0.5, 0.6) is 0 Å². The van der Waals surface area contributed by atoms with Crippen LogP contribution in [0, 0.1) is 12.7 Å². The molecule has 0 aliphatic carbocycles. The monoisotopic (exact) mass is 488 g/mol. The van der Waals surface area contributed by atoms with Crippen molar-refractivity contribution in [1.82, 2.24) is 14.8 Å². The molecule has 2 aromatic carbocycles. The molecule has 12 heteroatoms. The zero-order chi connectivity index (χ0) is 24.3. The van der Waals surface area contributed by atoms with E-state index in [1.807, 2.05) is 0 Å². The number of alkyl halides is 6. The lowest BCUT2D eigenvalue weighted by Crippen LogP contribution is -2.11. The number of halogens is 8. The van der Waals surface area contributed by atoms with E-state index in [4.69, 9.17) is 17.3 Å². The number of aromatic nitrogens is 3. The number of benzene rings is 2. The summed E-state index contributed by atoms with van der Waals surface area (Å²) in [5.41, 5.74) is 2.47. The van der Waals surface area contributed by atoms with Gasteiger partial charge in [0.2, 0.25) is 0 Å². The molecule has 0 amide bonds. The highest BCUT2D eigenvalue weighted by molar-refractivity contribution is 6.30. The molecule has 0 spiro atoms. The average Bonchev–Trinajstić information content (AvgIpc) is 3.02. The lowest BCUT2D eigenvalue weighted by atomic mass is 10.1. The molecule has 0 saturated carbocycles. The molecule has 0 aliphatic rings. The van der Waals surface area contributed by atoms with E-state index >= 15 is 0 Å². The van der Waals surface area contributed by atoms with Gasteiger partial charge in [0, 0.05) is 10.6 Å². The molecular formula is C21H12ClF7N4. The van der Waals surface area contributed by atoms with Crippen LogP contribution in [0.2, 0.25) is 5.02 Å². The molecule has 4 nitrogen and oxygen atoms in total. The molecule has 0 aliphatic heterocycles. The smallest absolute Gasteiger partial charge is 0.383 e. The summed E-state index contributed by atoms with van der Waals surface area (Å²) in [6.45, 7) is 1.16. The highest BCUT2D eigenvalue weighted by Crippen LogP contribution is 2.40.